The Morgan fingerprint density at radius 3 is 2.88 bits per heavy atom. The van der Waals surface area contributed by atoms with Crippen LogP contribution in [0, 0.1) is 12.7 Å². The molecule has 0 aliphatic heterocycles. The Kier molecular flexibility index (Phi) is 4.52. The maximum Gasteiger partial charge on any atom is 0.128 e. The predicted octanol–water partition coefficient (Wildman–Crippen LogP) is 1.14. The number of ether oxygens (including phenoxy) is 1. The van der Waals surface area contributed by atoms with Gasteiger partial charge in [-0.1, -0.05) is 0 Å². The third-order valence-electron chi connectivity index (χ3n) is 2.22. The van der Waals surface area contributed by atoms with E-state index in [1.54, 1.807) is 13.0 Å². The summed E-state index contributed by atoms with van der Waals surface area (Å²) >= 11 is 0. The van der Waals surface area contributed by atoms with E-state index in [9.17, 15) is 9.50 Å². The van der Waals surface area contributed by atoms with Crippen LogP contribution in [0.5, 0.6) is 0 Å². The molecule has 0 aromatic heterocycles. The molecule has 0 heterocycles. The van der Waals surface area contributed by atoms with Crippen molar-refractivity contribution in [1.82, 2.24) is 0 Å². The molecule has 0 fully saturated rings. The van der Waals surface area contributed by atoms with Crippen LogP contribution in [0.2, 0.25) is 0 Å². The first-order valence-electron chi connectivity index (χ1n) is 5.01. The topological polar surface area (TPSA) is 67.5 Å². The highest BCUT2D eigenvalue weighted by atomic mass is 19.1. The number of aliphatic hydroxyl groups is 1. The smallest absolute Gasteiger partial charge is 0.128 e. The molecule has 5 heteroatoms. The van der Waals surface area contributed by atoms with E-state index < -0.39 is 6.10 Å². The molecule has 90 valence electrons. The molecule has 4 N–H and O–H groups in total. The quantitative estimate of drug-likeness (QED) is 0.661. The van der Waals surface area contributed by atoms with E-state index in [4.69, 9.17) is 10.5 Å². The highest BCUT2D eigenvalue weighted by Crippen LogP contribution is 2.22. The van der Waals surface area contributed by atoms with Crippen molar-refractivity contribution in [3.8, 4) is 0 Å². The lowest BCUT2D eigenvalue weighted by atomic mass is 10.1. The lowest BCUT2D eigenvalue weighted by Crippen LogP contribution is -2.24. The maximum absolute atomic E-state index is 13.1. The number of aryl methyl sites for hydroxylation is 1. The van der Waals surface area contributed by atoms with Gasteiger partial charge in [-0.15, -0.1) is 0 Å². The number of hydrogen-bond donors (Lipinski definition) is 3. The highest BCUT2D eigenvalue weighted by molar-refractivity contribution is 5.67. The number of aliphatic hydroxyl groups excluding tert-OH is 1. The van der Waals surface area contributed by atoms with E-state index in [1.807, 2.05) is 0 Å². The van der Waals surface area contributed by atoms with Crippen LogP contribution in [-0.4, -0.2) is 31.5 Å². The molecule has 4 nitrogen and oxygen atoms in total. The van der Waals surface area contributed by atoms with Gasteiger partial charge in [-0.25, -0.2) is 4.39 Å². The van der Waals surface area contributed by atoms with Crippen molar-refractivity contribution in [1.29, 1.82) is 0 Å². The number of benzene rings is 1. The molecular weight excluding hydrogens is 211 g/mol. The lowest BCUT2D eigenvalue weighted by Gasteiger charge is -2.14. The molecule has 0 spiro atoms. The predicted molar refractivity (Wildman–Crippen MR) is 61.9 cm³/mol. The second-order valence-electron chi connectivity index (χ2n) is 3.68. The zero-order chi connectivity index (χ0) is 12.1. The fourth-order valence-corrected chi connectivity index (χ4v) is 1.33. The largest absolute Gasteiger partial charge is 0.397 e. The Morgan fingerprint density at radius 1 is 1.56 bits per heavy atom. The van der Waals surface area contributed by atoms with Crippen molar-refractivity contribution in [3.63, 3.8) is 0 Å². The third kappa shape index (κ3) is 3.36. The summed E-state index contributed by atoms with van der Waals surface area (Å²) in [5.74, 6) is -0.333. The zero-order valence-corrected chi connectivity index (χ0v) is 9.46. The molecule has 1 atom stereocenters. The van der Waals surface area contributed by atoms with Crippen LogP contribution in [0.15, 0.2) is 12.1 Å². The van der Waals surface area contributed by atoms with Crippen LogP contribution in [0.25, 0.3) is 0 Å². The van der Waals surface area contributed by atoms with Gasteiger partial charge in [0.1, 0.15) is 5.82 Å². The Hall–Kier alpha value is -1.33. The van der Waals surface area contributed by atoms with Crippen molar-refractivity contribution in [2.75, 3.05) is 31.3 Å². The molecule has 0 amide bonds. The molecule has 1 unspecified atom stereocenters. The molecule has 1 aromatic carbocycles. The summed E-state index contributed by atoms with van der Waals surface area (Å²) < 4.78 is 17.9. The van der Waals surface area contributed by atoms with E-state index in [1.165, 1.54) is 13.2 Å². The molecule has 1 aromatic rings. The SMILES string of the molecule is COCC(O)CNc1cc(C)c(F)cc1N. The molecule has 16 heavy (non-hydrogen) atoms. The zero-order valence-electron chi connectivity index (χ0n) is 9.46. The Labute approximate surface area is 94.2 Å². The molecule has 0 bridgehead atoms. The first kappa shape index (κ1) is 12.7. The van der Waals surface area contributed by atoms with Crippen LogP contribution in [0.4, 0.5) is 15.8 Å². The normalized spacial score (nSPS) is 12.5. The van der Waals surface area contributed by atoms with Gasteiger partial charge in [0.2, 0.25) is 0 Å². The first-order chi connectivity index (χ1) is 7.54. The minimum Gasteiger partial charge on any atom is -0.397 e. The van der Waals surface area contributed by atoms with Gasteiger partial charge in [0, 0.05) is 13.7 Å². The number of rotatable bonds is 5. The van der Waals surface area contributed by atoms with Gasteiger partial charge in [-0.3, -0.25) is 0 Å². The van der Waals surface area contributed by atoms with E-state index in [-0.39, 0.29) is 12.4 Å². The van der Waals surface area contributed by atoms with Gasteiger partial charge in [-0.05, 0) is 24.6 Å². The van der Waals surface area contributed by atoms with E-state index >= 15 is 0 Å². The summed E-state index contributed by atoms with van der Waals surface area (Å²) in [5.41, 5.74) is 7.09. The number of methoxy groups -OCH3 is 1. The molecule has 0 saturated heterocycles. The van der Waals surface area contributed by atoms with E-state index in [0.29, 0.717) is 23.5 Å². The first-order valence-corrected chi connectivity index (χ1v) is 5.01. The van der Waals surface area contributed by atoms with Gasteiger partial charge in [0.15, 0.2) is 0 Å². The van der Waals surface area contributed by atoms with Crippen LogP contribution in [0.1, 0.15) is 5.56 Å². The second kappa shape index (κ2) is 5.67. The van der Waals surface area contributed by atoms with Crippen molar-refractivity contribution in [3.05, 3.63) is 23.5 Å². The van der Waals surface area contributed by atoms with Crippen molar-refractivity contribution in [2.45, 2.75) is 13.0 Å². The number of nitrogen functional groups attached to an aromatic ring is 1. The number of anilines is 2. The fraction of sp³-hybridized carbons (Fsp3) is 0.455. The Morgan fingerprint density at radius 2 is 2.25 bits per heavy atom. The monoisotopic (exact) mass is 228 g/mol. The molecule has 0 aliphatic carbocycles. The molecule has 1 rings (SSSR count). The average Bonchev–Trinajstić information content (AvgIpc) is 2.22. The summed E-state index contributed by atoms with van der Waals surface area (Å²) in [6.07, 6.45) is -0.616. The van der Waals surface area contributed by atoms with Crippen LogP contribution >= 0.6 is 0 Å². The summed E-state index contributed by atoms with van der Waals surface area (Å²) in [5, 5.41) is 12.4. The van der Waals surface area contributed by atoms with Crippen LogP contribution < -0.4 is 11.1 Å². The van der Waals surface area contributed by atoms with Crippen molar-refractivity contribution < 1.29 is 14.2 Å². The maximum atomic E-state index is 13.1. The van der Waals surface area contributed by atoms with Crippen molar-refractivity contribution >= 4 is 11.4 Å². The van der Waals surface area contributed by atoms with Crippen LogP contribution in [0.3, 0.4) is 0 Å². The van der Waals surface area contributed by atoms with Crippen molar-refractivity contribution in [2.24, 2.45) is 0 Å². The van der Waals surface area contributed by atoms with E-state index in [2.05, 4.69) is 5.32 Å². The molecule has 0 radical (unpaired) electrons. The fourth-order valence-electron chi connectivity index (χ4n) is 1.33. The second-order valence-corrected chi connectivity index (χ2v) is 3.68. The average molecular weight is 228 g/mol. The lowest BCUT2D eigenvalue weighted by molar-refractivity contribution is 0.0728. The standard InChI is InChI=1S/C11H17FN2O2/c1-7-3-11(10(13)4-9(7)12)14-5-8(15)6-16-2/h3-4,8,14-15H,5-6,13H2,1-2H3. The third-order valence-corrected chi connectivity index (χ3v) is 2.22. The van der Waals surface area contributed by atoms with Gasteiger partial charge < -0.3 is 20.9 Å². The van der Waals surface area contributed by atoms with Gasteiger partial charge in [0.05, 0.1) is 24.1 Å². The minimum atomic E-state index is -0.616. The highest BCUT2D eigenvalue weighted by Gasteiger charge is 2.07. The molecule has 0 aliphatic rings. The number of halogens is 1. The number of nitrogens with two attached hydrogens (primary N) is 1. The summed E-state index contributed by atoms with van der Waals surface area (Å²) in [7, 11) is 1.51. The van der Waals surface area contributed by atoms with E-state index in [0.717, 1.165) is 0 Å². The number of nitrogens with one attached hydrogen (secondary N) is 1. The van der Waals surface area contributed by atoms with Gasteiger partial charge in [0.25, 0.3) is 0 Å². The minimum absolute atomic E-state index is 0.243. The van der Waals surface area contributed by atoms with Gasteiger partial charge in [-0.2, -0.15) is 0 Å². The molecular formula is C11H17FN2O2. The summed E-state index contributed by atoms with van der Waals surface area (Å²) in [6, 6.07) is 2.88. The van der Waals surface area contributed by atoms with Gasteiger partial charge >= 0.3 is 0 Å². The summed E-state index contributed by atoms with van der Waals surface area (Å²) in [6.45, 7) is 2.21. The number of hydrogen-bond acceptors (Lipinski definition) is 4. The Bertz CT molecular complexity index is 358. The molecule has 0 saturated carbocycles. The Balaban J connectivity index is 2.63. The summed E-state index contributed by atoms with van der Waals surface area (Å²) in [4.78, 5) is 0. The van der Waals surface area contributed by atoms with Crippen LogP contribution in [-0.2, 0) is 4.74 Å².